The van der Waals surface area contributed by atoms with Crippen molar-refractivity contribution in [1.82, 2.24) is 19.7 Å². The monoisotopic (exact) mass is 498 g/mol. The zero-order valence-corrected chi connectivity index (χ0v) is 19.0. The van der Waals surface area contributed by atoms with Crippen LogP contribution in [0.5, 0.6) is 0 Å². The number of rotatable bonds is 5. The molecule has 0 saturated carbocycles. The van der Waals surface area contributed by atoms with Gasteiger partial charge in [-0.05, 0) is 54.6 Å². The summed E-state index contributed by atoms with van der Waals surface area (Å²) in [5, 5.41) is 9.50. The number of thioether (sulfide) groups is 1. The average molecular weight is 499 g/mol. The van der Waals surface area contributed by atoms with Crippen LogP contribution in [-0.4, -0.2) is 19.7 Å². The van der Waals surface area contributed by atoms with Crippen molar-refractivity contribution in [3.05, 3.63) is 98.8 Å². The number of halogens is 3. The van der Waals surface area contributed by atoms with Crippen LogP contribution in [0.15, 0.2) is 81.1 Å². The first-order chi connectivity index (χ1) is 16.0. The zero-order chi connectivity index (χ0) is 22.9. The van der Waals surface area contributed by atoms with E-state index in [9.17, 15) is 9.18 Å². The van der Waals surface area contributed by atoms with Gasteiger partial charge >= 0.3 is 0 Å². The predicted octanol–water partition coefficient (Wildman–Crippen LogP) is 6.17. The van der Waals surface area contributed by atoms with E-state index in [4.69, 9.17) is 27.6 Å². The maximum absolute atomic E-state index is 13.7. The van der Waals surface area contributed by atoms with Crippen LogP contribution < -0.4 is 5.56 Å². The molecule has 0 atom stereocenters. The Kier molecular flexibility index (Phi) is 5.88. The van der Waals surface area contributed by atoms with Gasteiger partial charge in [0.1, 0.15) is 5.82 Å². The summed E-state index contributed by atoms with van der Waals surface area (Å²) in [4.78, 5) is 17.9. The van der Waals surface area contributed by atoms with Crippen molar-refractivity contribution in [2.24, 2.45) is 0 Å². The molecule has 0 unspecified atom stereocenters. The lowest BCUT2D eigenvalue weighted by Crippen LogP contribution is -2.21. The van der Waals surface area contributed by atoms with Crippen LogP contribution in [0.2, 0.25) is 10.0 Å². The summed E-state index contributed by atoms with van der Waals surface area (Å²) < 4.78 is 20.9. The van der Waals surface area contributed by atoms with Gasteiger partial charge in [0.2, 0.25) is 11.8 Å². The van der Waals surface area contributed by atoms with Gasteiger partial charge in [0.25, 0.3) is 5.56 Å². The maximum atomic E-state index is 13.7. The van der Waals surface area contributed by atoms with Crippen LogP contribution in [0.3, 0.4) is 0 Å². The van der Waals surface area contributed by atoms with Crippen LogP contribution in [-0.2, 0) is 5.75 Å². The molecule has 0 aliphatic carbocycles. The number of nitrogens with zero attached hydrogens (tertiary/aromatic N) is 4. The molecule has 164 valence electrons. The van der Waals surface area contributed by atoms with Crippen molar-refractivity contribution >= 4 is 45.9 Å². The van der Waals surface area contributed by atoms with E-state index in [1.165, 1.54) is 34.5 Å². The Balaban J connectivity index is 1.52. The van der Waals surface area contributed by atoms with Crippen molar-refractivity contribution in [2.45, 2.75) is 10.9 Å². The molecule has 5 aromatic rings. The van der Waals surface area contributed by atoms with Crippen LogP contribution in [0, 0.1) is 5.82 Å². The molecule has 0 N–H and O–H groups in total. The fourth-order valence-electron chi connectivity index (χ4n) is 3.21. The Bertz CT molecular complexity index is 1540. The Hall–Kier alpha value is -3.20. The summed E-state index contributed by atoms with van der Waals surface area (Å²) in [6, 6.07) is 18.1. The average Bonchev–Trinajstić information content (AvgIpc) is 3.29. The van der Waals surface area contributed by atoms with Crippen molar-refractivity contribution in [2.75, 3.05) is 0 Å². The van der Waals surface area contributed by atoms with E-state index >= 15 is 0 Å². The fraction of sp³-hybridized carbons (Fsp3) is 0.0435. The fourth-order valence-corrected chi connectivity index (χ4v) is 4.36. The SMILES string of the molecule is O=c1c2ccccc2nc(SCc2nnc(-c3ccc(Cl)cc3)o2)n1-c1ccc(F)c(Cl)c1. The van der Waals surface area contributed by atoms with E-state index in [1.807, 2.05) is 0 Å². The lowest BCUT2D eigenvalue weighted by Gasteiger charge is -2.13. The standard InChI is InChI=1S/C23H13Cl2FN4O2S/c24-14-7-5-13(6-8-14)21-29-28-20(32-21)12-33-23-27-19-4-2-1-3-16(19)22(31)30(23)15-9-10-18(26)17(25)11-15/h1-11H,12H2. The number of aromatic nitrogens is 4. The molecule has 33 heavy (non-hydrogen) atoms. The van der Waals surface area contributed by atoms with Crippen molar-refractivity contribution in [3.63, 3.8) is 0 Å². The lowest BCUT2D eigenvalue weighted by molar-refractivity contribution is 0.528. The largest absolute Gasteiger partial charge is 0.420 e. The second-order valence-electron chi connectivity index (χ2n) is 6.95. The Labute approximate surface area is 201 Å². The summed E-state index contributed by atoms with van der Waals surface area (Å²) in [5.41, 5.74) is 1.39. The van der Waals surface area contributed by atoms with Crippen molar-refractivity contribution in [3.8, 4) is 17.1 Å². The molecule has 0 bridgehead atoms. The number of benzene rings is 3. The topological polar surface area (TPSA) is 73.8 Å². The smallest absolute Gasteiger partial charge is 0.266 e. The molecule has 0 saturated heterocycles. The Morgan fingerprint density at radius 2 is 1.79 bits per heavy atom. The minimum absolute atomic E-state index is 0.0898. The molecule has 2 aromatic heterocycles. The molecular formula is C23H13Cl2FN4O2S. The molecular weight excluding hydrogens is 486 g/mol. The third kappa shape index (κ3) is 4.37. The van der Waals surface area contributed by atoms with Crippen molar-refractivity contribution in [1.29, 1.82) is 0 Å². The summed E-state index contributed by atoms with van der Waals surface area (Å²) in [5.74, 6) is 0.407. The third-order valence-electron chi connectivity index (χ3n) is 4.79. The first kappa shape index (κ1) is 21.6. The second-order valence-corrected chi connectivity index (χ2v) is 8.73. The summed E-state index contributed by atoms with van der Waals surface area (Å²) in [7, 11) is 0. The number of para-hydroxylation sites is 1. The quantitative estimate of drug-likeness (QED) is 0.213. The van der Waals surface area contributed by atoms with E-state index < -0.39 is 5.82 Å². The van der Waals surface area contributed by atoms with E-state index in [-0.39, 0.29) is 16.3 Å². The van der Waals surface area contributed by atoms with Crippen LogP contribution >= 0.6 is 35.0 Å². The van der Waals surface area contributed by atoms with Crippen LogP contribution in [0.25, 0.3) is 28.0 Å². The highest BCUT2D eigenvalue weighted by molar-refractivity contribution is 7.98. The molecule has 0 aliphatic rings. The molecule has 0 spiro atoms. The zero-order valence-electron chi connectivity index (χ0n) is 16.7. The molecule has 10 heteroatoms. The maximum Gasteiger partial charge on any atom is 0.266 e. The molecule has 2 heterocycles. The highest BCUT2D eigenvalue weighted by Gasteiger charge is 2.16. The van der Waals surface area contributed by atoms with Gasteiger partial charge in [-0.25, -0.2) is 9.37 Å². The first-order valence-electron chi connectivity index (χ1n) is 9.68. The van der Waals surface area contributed by atoms with Crippen molar-refractivity contribution < 1.29 is 8.81 Å². The molecule has 0 amide bonds. The van der Waals surface area contributed by atoms with Gasteiger partial charge in [-0.2, -0.15) is 0 Å². The minimum Gasteiger partial charge on any atom is -0.420 e. The highest BCUT2D eigenvalue weighted by atomic mass is 35.5. The van der Waals surface area contributed by atoms with Gasteiger partial charge in [0, 0.05) is 10.6 Å². The van der Waals surface area contributed by atoms with Gasteiger partial charge in [0.15, 0.2) is 5.16 Å². The van der Waals surface area contributed by atoms with Gasteiger partial charge in [0.05, 0.1) is 27.4 Å². The second kappa shape index (κ2) is 8.97. The van der Waals surface area contributed by atoms with Crippen LogP contribution in [0.4, 0.5) is 4.39 Å². The van der Waals surface area contributed by atoms with Gasteiger partial charge in [-0.1, -0.05) is 47.1 Å². The number of fused-ring (bicyclic) bond motifs is 1. The number of hydrogen-bond acceptors (Lipinski definition) is 6. The third-order valence-corrected chi connectivity index (χ3v) is 6.25. The molecule has 5 rings (SSSR count). The molecule has 0 aliphatic heterocycles. The molecule has 0 radical (unpaired) electrons. The first-order valence-corrected chi connectivity index (χ1v) is 11.4. The van der Waals surface area contributed by atoms with E-state index in [2.05, 4.69) is 15.2 Å². The lowest BCUT2D eigenvalue weighted by atomic mass is 10.2. The summed E-state index contributed by atoms with van der Waals surface area (Å²) in [6.45, 7) is 0. The van der Waals surface area contributed by atoms with E-state index in [0.29, 0.717) is 38.6 Å². The van der Waals surface area contributed by atoms with E-state index in [1.54, 1.807) is 48.5 Å². The Morgan fingerprint density at radius 3 is 2.58 bits per heavy atom. The normalized spacial score (nSPS) is 11.2. The molecule has 6 nitrogen and oxygen atoms in total. The minimum atomic E-state index is -0.572. The Morgan fingerprint density at radius 1 is 1.00 bits per heavy atom. The summed E-state index contributed by atoms with van der Waals surface area (Å²) in [6.07, 6.45) is 0. The number of hydrogen-bond donors (Lipinski definition) is 0. The van der Waals surface area contributed by atoms with Crippen LogP contribution in [0.1, 0.15) is 5.89 Å². The van der Waals surface area contributed by atoms with Gasteiger partial charge < -0.3 is 4.42 Å². The predicted molar refractivity (Wildman–Crippen MR) is 127 cm³/mol. The van der Waals surface area contributed by atoms with Gasteiger partial charge in [-0.3, -0.25) is 9.36 Å². The molecule has 3 aromatic carbocycles. The van der Waals surface area contributed by atoms with Gasteiger partial charge in [-0.15, -0.1) is 10.2 Å². The summed E-state index contributed by atoms with van der Waals surface area (Å²) >= 11 is 13.1. The highest BCUT2D eigenvalue weighted by Crippen LogP contribution is 2.27. The van der Waals surface area contributed by atoms with E-state index in [0.717, 1.165) is 5.56 Å². The molecule has 0 fully saturated rings.